The first-order valence-corrected chi connectivity index (χ1v) is 12.1. The van der Waals surface area contributed by atoms with Crippen LogP contribution in [0.5, 0.6) is 0 Å². The highest BCUT2D eigenvalue weighted by atomic mass is 16.5. The molecule has 2 aromatic rings. The topological polar surface area (TPSA) is 49.6 Å². The molecule has 1 aromatic heterocycles. The summed E-state index contributed by atoms with van der Waals surface area (Å²) in [5.74, 6) is 2.52. The minimum absolute atomic E-state index is 0.179. The Morgan fingerprint density at radius 2 is 1.81 bits per heavy atom. The molecule has 0 atom stereocenters. The van der Waals surface area contributed by atoms with Crippen molar-refractivity contribution >= 4 is 11.8 Å². The van der Waals surface area contributed by atoms with Crippen LogP contribution < -0.4 is 4.90 Å². The molecule has 0 bridgehead atoms. The molecule has 2 heterocycles. The SMILES string of the molecule is CC(C)CN(Cc1c(-c2ccccc2)noc1N1CCC(C)CC1)C(=O)C1CCCC1. The van der Waals surface area contributed by atoms with E-state index >= 15 is 0 Å². The standard InChI is InChI=1S/C26H37N3O2/c1-19(2)17-29(25(30)22-11-7-8-12-22)18-23-24(21-9-5-4-6-10-21)27-31-26(23)28-15-13-20(3)14-16-28/h4-6,9-10,19-20,22H,7-8,11-18H2,1-3H3. The number of carbonyl (C=O) groups is 1. The normalized spacial score (nSPS) is 18.1. The van der Waals surface area contributed by atoms with Crippen molar-refractivity contribution in [1.29, 1.82) is 0 Å². The molecule has 0 spiro atoms. The van der Waals surface area contributed by atoms with E-state index in [1.165, 1.54) is 12.8 Å². The molecular formula is C26H37N3O2. The molecule has 0 radical (unpaired) electrons. The monoisotopic (exact) mass is 423 g/mol. The zero-order chi connectivity index (χ0) is 21.8. The lowest BCUT2D eigenvalue weighted by Crippen LogP contribution is -2.38. The number of amides is 1. The van der Waals surface area contributed by atoms with Gasteiger partial charge in [0, 0.05) is 31.1 Å². The van der Waals surface area contributed by atoms with Crippen LogP contribution in [-0.2, 0) is 11.3 Å². The van der Waals surface area contributed by atoms with Crippen LogP contribution in [0.1, 0.15) is 64.9 Å². The lowest BCUT2D eigenvalue weighted by atomic mass is 9.98. The smallest absolute Gasteiger partial charge is 0.232 e. The molecular weight excluding hydrogens is 386 g/mol. The van der Waals surface area contributed by atoms with E-state index in [0.29, 0.717) is 18.4 Å². The molecule has 5 nitrogen and oxygen atoms in total. The highest BCUT2D eigenvalue weighted by Crippen LogP contribution is 2.35. The number of hydrogen-bond donors (Lipinski definition) is 0. The number of carbonyl (C=O) groups excluding carboxylic acids is 1. The minimum atomic E-state index is 0.179. The van der Waals surface area contributed by atoms with Crippen molar-refractivity contribution in [3.63, 3.8) is 0 Å². The summed E-state index contributed by atoms with van der Waals surface area (Å²) >= 11 is 0. The van der Waals surface area contributed by atoms with Gasteiger partial charge in [-0.3, -0.25) is 4.79 Å². The van der Waals surface area contributed by atoms with Crippen LogP contribution in [0.2, 0.25) is 0 Å². The second-order valence-electron chi connectivity index (χ2n) is 9.94. The second-order valence-corrected chi connectivity index (χ2v) is 9.94. The zero-order valence-electron chi connectivity index (χ0n) is 19.3. The Kier molecular flexibility index (Phi) is 6.99. The number of aromatic nitrogens is 1. The summed E-state index contributed by atoms with van der Waals surface area (Å²) in [6.45, 7) is 10.0. The molecule has 1 aliphatic carbocycles. The van der Waals surface area contributed by atoms with E-state index in [1.807, 2.05) is 18.2 Å². The van der Waals surface area contributed by atoms with Crippen LogP contribution in [0.25, 0.3) is 11.3 Å². The van der Waals surface area contributed by atoms with Crippen molar-refractivity contribution in [3.05, 3.63) is 35.9 Å². The van der Waals surface area contributed by atoms with E-state index in [9.17, 15) is 4.79 Å². The number of piperidine rings is 1. The number of nitrogens with zero attached hydrogens (tertiary/aromatic N) is 3. The highest BCUT2D eigenvalue weighted by Gasteiger charge is 2.31. The largest absolute Gasteiger partial charge is 0.340 e. The molecule has 2 aliphatic rings. The second kappa shape index (κ2) is 9.88. The van der Waals surface area contributed by atoms with Crippen LogP contribution in [0.15, 0.2) is 34.9 Å². The van der Waals surface area contributed by atoms with Gasteiger partial charge in [0.15, 0.2) is 0 Å². The van der Waals surface area contributed by atoms with Gasteiger partial charge in [-0.1, -0.05) is 69.1 Å². The third kappa shape index (κ3) is 5.13. The average molecular weight is 424 g/mol. The number of anilines is 1. The predicted octanol–water partition coefficient (Wildman–Crippen LogP) is 5.75. The Morgan fingerprint density at radius 1 is 1.13 bits per heavy atom. The van der Waals surface area contributed by atoms with Crippen LogP contribution >= 0.6 is 0 Å². The van der Waals surface area contributed by atoms with Gasteiger partial charge in [-0.15, -0.1) is 0 Å². The van der Waals surface area contributed by atoms with E-state index in [-0.39, 0.29) is 5.92 Å². The Hall–Kier alpha value is -2.30. The Bertz CT molecular complexity index is 847. The molecule has 1 aromatic carbocycles. The maximum absolute atomic E-state index is 13.4. The fourth-order valence-electron chi connectivity index (χ4n) is 5.02. The van der Waals surface area contributed by atoms with Gasteiger partial charge in [0.1, 0.15) is 5.69 Å². The van der Waals surface area contributed by atoms with Crippen LogP contribution in [-0.4, -0.2) is 35.6 Å². The summed E-state index contributed by atoms with van der Waals surface area (Å²) in [4.78, 5) is 17.9. The Labute approximate surface area is 186 Å². The summed E-state index contributed by atoms with van der Waals surface area (Å²) < 4.78 is 5.97. The molecule has 0 unspecified atom stereocenters. The van der Waals surface area contributed by atoms with E-state index in [1.54, 1.807) is 0 Å². The Morgan fingerprint density at radius 3 is 2.45 bits per heavy atom. The van der Waals surface area contributed by atoms with E-state index in [4.69, 9.17) is 4.52 Å². The van der Waals surface area contributed by atoms with Crippen molar-refractivity contribution in [2.24, 2.45) is 17.8 Å². The fraction of sp³-hybridized carbons (Fsp3) is 0.615. The quantitative estimate of drug-likeness (QED) is 0.569. The lowest BCUT2D eigenvalue weighted by Gasteiger charge is -2.32. The van der Waals surface area contributed by atoms with Crippen LogP contribution in [0, 0.1) is 17.8 Å². The summed E-state index contributed by atoms with van der Waals surface area (Å²) in [7, 11) is 0. The first-order valence-electron chi connectivity index (χ1n) is 12.1. The highest BCUT2D eigenvalue weighted by molar-refractivity contribution is 5.80. The van der Waals surface area contributed by atoms with Gasteiger partial charge in [-0.25, -0.2) is 0 Å². The lowest BCUT2D eigenvalue weighted by molar-refractivity contribution is -0.136. The zero-order valence-corrected chi connectivity index (χ0v) is 19.3. The summed E-state index contributed by atoms with van der Waals surface area (Å²) in [5, 5.41) is 4.52. The molecule has 0 N–H and O–H groups in total. The van der Waals surface area contributed by atoms with Gasteiger partial charge >= 0.3 is 0 Å². The van der Waals surface area contributed by atoms with Crippen molar-refractivity contribution in [1.82, 2.24) is 10.1 Å². The van der Waals surface area contributed by atoms with Crippen LogP contribution in [0.4, 0.5) is 5.88 Å². The molecule has 1 saturated carbocycles. The van der Waals surface area contributed by atoms with E-state index in [2.05, 4.69) is 47.9 Å². The average Bonchev–Trinajstić information content (AvgIpc) is 3.44. The van der Waals surface area contributed by atoms with E-state index in [0.717, 1.165) is 73.9 Å². The predicted molar refractivity (Wildman–Crippen MR) is 125 cm³/mol. The van der Waals surface area contributed by atoms with Crippen molar-refractivity contribution in [2.75, 3.05) is 24.5 Å². The maximum Gasteiger partial charge on any atom is 0.232 e. The first kappa shape index (κ1) is 21.9. The van der Waals surface area contributed by atoms with Crippen molar-refractivity contribution in [3.8, 4) is 11.3 Å². The minimum Gasteiger partial charge on any atom is -0.340 e. The molecule has 1 saturated heterocycles. The molecule has 1 aliphatic heterocycles. The fourth-order valence-corrected chi connectivity index (χ4v) is 5.02. The van der Waals surface area contributed by atoms with Gasteiger partial charge in [0.05, 0.1) is 12.1 Å². The van der Waals surface area contributed by atoms with Gasteiger partial charge < -0.3 is 14.3 Å². The molecule has 2 fully saturated rings. The molecule has 168 valence electrons. The first-order chi connectivity index (χ1) is 15.0. The molecule has 4 rings (SSSR count). The van der Waals surface area contributed by atoms with Crippen molar-refractivity contribution < 1.29 is 9.32 Å². The molecule has 5 heteroatoms. The summed E-state index contributed by atoms with van der Waals surface area (Å²) in [5.41, 5.74) is 2.99. The van der Waals surface area contributed by atoms with Crippen LogP contribution in [0.3, 0.4) is 0 Å². The number of benzene rings is 1. The van der Waals surface area contributed by atoms with Crippen molar-refractivity contribution in [2.45, 2.75) is 65.8 Å². The van der Waals surface area contributed by atoms with E-state index < -0.39 is 0 Å². The molecule has 31 heavy (non-hydrogen) atoms. The maximum atomic E-state index is 13.4. The van der Waals surface area contributed by atoms with Gasteiger partial charge in [-0.05, 0) is 37.5 Å². The van der Waals surface area contributed by atoms with Gasteiger partial charge in [0.2, 0.25) is 11.8 Å². The summed E-state index contributed by atoms with van der Waals surface area (Å²) in [6.07, 6.45) is 6.73. The summed E-state index contributed by atoms with van der Waals surface area (Å²) in [6, 6.07) is 10.2. The molecule has 1 amide bonds. The van der Waals surface area contributed by atoms with Gasteiger partial charge in [0.25, 0.3) is 0 Å². The third-order valence-electron chi connectivity index (χ3n) is 6.84. The third-order valence-corrected chi connectivity index (χ3v) is 6.84. The Balaban J connectivity index is 1.67. The van der Waals surface area contributed by atoms with Gasteiger partial charge in [-0.2, -0.15) is 0 Å². The number of hydrogen-bond acceptors (Lipinski definition) is 4. The number of rotatable bonds is 7.